The first-order valence-corrected chi connectivity index (χ1v) is 4.20. The maximum Gasteiger partial charge on any atom is 0.0464 e. The van der Waals surface area contributed by atoms with E-state index in [0.717, 1.165) is 16.3 Å². The molecule has 2 rings (SSSR count). The summed E-state index contributed by atoms with van der Waals surface area (Å²) in [4.78, 5) is 3.19. The van der Waals surface area contributed by atoms with Crippen LogP contribution < -0.4 is 10.6 Å². The predicted molar refractivity (Wildman–Crippen MR) is 56.5 cm³/mol. The first-order chi connectivity index (χ1) is 6.27. The van der Waals surface area contributed by atoms with Gasteiger partial charge < -0.3 is 4.98 Å². The quantitative estimate of drug-likeness (QED) is 0.666. The minimum atomic E-state index is 0.888. The molecule has 0 unspecified atom stereocenters. The van der Waals surface area contributed by atoms with Crippen LogP contribution in [0.2, 0.25) is 0 Å². The number of nitrogens with one attached hydrogen (secondary N) is 1. The lowest BCUT2D eigenvalue weighted by Gasteiger charge is -1.94. The van der Waals surface area contributed by atoms with Crippen molar-refractivity contribution in [2.24, 2.45) is 0 Å². The van der Waals surface area contributed by atoms with Gasteiger partial charge in [-0.1, -0.05) is 43.5 Å². The van der Waals surface area contributed by atoms with Crippen LogP contribution >= 0.6 is 0 Å². The van der Waals surface area contributed by atoms with Crippen LogP contribution in [-0.2, 0) is 0 Å². The van der Waals surface area contributed by atoms with Crippen molar-refractivity contribution in [1.82, 2.24) is 4.98 Å². The third-order valence-electron chi connectivity index (χ3n) is 2.08. The van der Waals surface area contributed by atoms with Gasteiger partial charge in [0.25, 0.3) is 0 Å². The van der Waals surface area contributed by atoms with Crippen molar-refractivity contribution in [3.8, 4) is 11.3 Å². The van der Waals surface area contributed by atoms with Crippen LogP contribution in [0.3, 0.4) is 0 Å². The van der Waals surface area contributed by atoms with E-state index in [2.05, 4.69) is 30.3 Å². The number of benzene rings is 1. The lowest BCUT2D eigenvalue weighted by Crippen LogP contribution is -2.17. The number of hydrogen-bond donors (Lipinski definition) is 1. The second-order valence-corrected chi connectivity index (χ2v) is 3.05. The molecule has 0 saturated carbocycles. The van der Waals surface area contributed by atoms with E-state index in [0.29, 0.717) is 0 Å². The summed E-state index contributed by atoms with van der Waals surface area (Å²) in [6, 6.07) is 12.2. The summed E-state index contributed by atoms with van der Waals surface area (Å²) in [6.07, 6.45) is 0. The highest BCUT2D eigenvalue weighted by Crippen LogP contribution is 2.12. The number of rotatable bonds is 1. The van der Waals surface area contributed by atoms with E-state index in [1.165, 1.54) is 5.56 Å². The third kappa shape index (κ3) is 1.41. The molecule has 2 aromatic rings. The molecule has 0 aliphatic heterocycles. The van der Waals surface area contributed by atoms with Gasteiger partial charge in [0.15, 0.2) is 0 Å². The monoisotopic (exact) mass is 169 g/mol. The Labute approximate surface area is 77.0 Å². The smallest absolute Gasteiger partial charge is 0.0464 e. The molecule has 0 bridgehead atoms. The minimum Gasteiger partial charge on any atom is -0.355 e. The molecule has 0 amide bonds. The van der Waals surface area contributed by atoms with Gasteiger partial charge in [0.2, 0.25) is 0 Å². The van der Waals surface area contributed by atoms with Gasteiger partial charge in [-0.05, 0) is 16.8 Å². The highest BCUT2D eigenvalue weighted by molar-refractivity contribution is 5.59. The number of hydrogen-bond acceptors (Lipinski definition) is 0. The Bertz CT molecular complexity index is 466. The van der Waals surface area contributed by atoms with Crippen molar-refractivity contribution in [1.29, 1.82) is 0 Å². The van der Waals surface area contributed by atoms with Gasteiger partial charge in [-0.15, -0.1) is 0 Å². The second-order valence-electron chi connectivity index (χ2n) is 3.05. The highest BCUT2D eigenvalue weighted by Gasteiger charge is 1.96. The normalized spacial score (nSPS) is 10.2. The fourth-order valence-electron chi connectivity index (χ4n) is 1.31. The molecule has 0 radical (unpaired) electrons. The molecular formula is C12H11N. The molecule has 1 aromatic carbocycles. The van der Waals surface area contributed by atoms with Crippen LogP contribution in [0.5, 0.6) is 0 Å². The summed E-state index contributed by atoms with van der Waals surface area (Å²) in [5, 5.41) is 1.85. The predicted octanol–water partition coefficient (Wildman–Crippen LogP) is 1.50. The van der Waals surface area contributed by atoms with E-state index in [4.69, 9.17) is 0 Å². The first kappa shape index (κ1) is 7.87. The first-order valence-electron chi connectivity index (χ1n) is 4.20. The summed E-state index contributed by atoms with van der Waals surface area (Å²) >= 11 is 0. The van der Waals surface area contributed by atoms with Gasteiger partial charge in [0.1, 0.15) is 0 Å². The minimum absolute atomic E-state index is 0.888. The Kier molecular flexibility index (Phi) is 1.78. The lowest BCUT2D eigenvalue weighted by atomic mass is 10.2. The average Bonchev–Trinajstić information content (AvgIpc) is 2.49. The van der Waals surface area contributed by atoms with E-state index in [1.807, 2.05) is 24.3 Å². The molecule has 1 N–H and O–H groups in total. The maximum atomic E-state index is 3.87. The fraction of sp³-hybridized carbons (Fsp3) is 0. The molecule has 1 heterocycles. The number of aromatic nitrogens is 1. The zero-order valence-electron chi connectivity index (χ0n) is 7.38. The molecule has 1 nitrogen and oxygen atoms in total. The zero-order chi connectivity index (χ0) is 9.26. The molecular weight excluding hydrogens is 158 g/mol. The Balaban J connectivity index is 2.60. The molecule has 0 atom stereocenters. The van der Waals surface area contributed by atoms with Gasteiger partial charge >= 0.3 is 0 Å². The number of aromatic amines is 1. The fourth-order valence-corrected chi connectivity index (χ4v) is 1.31. The second kappa shape index (κ2) is 2.94. The van der Waals surface area contributed by atoms with Crippen LogP contribution in [0.25, 0.3) is 24.4 Å². The maximum absolute atomic E-state index is 3.87. The molecule has 13 heavy (non-hydrogen) atoms. The molecule has 0 aliphatic carbocycles. The Morgan fingerprint density at radius 1 is 1.00 bits per heavy atom. The van der Waals surface area contributed by atoms with E-state index < -0.39 is 0 Å². The van der Waals surface area contributed by atoms with Gasteiger partial charge in [0, 0.05) is 11.0 Å². The van der Waals surface area contributed by atoms with Crippen LogP contribution in [0.4, 0.5) is 0 Å². The van der Waals surface area contributed by atoms with Crippen molar-refractivity contribution in [2.45, 2.75) is 0 Å². The van der Waals surface area contributed by atoms with Crippen molar-refractivity contribution in [2.75, 3.05) is 0 Å². The topological polar surface area (TPSA) is 15.8 Å². The van der Waals surface area contributed by atoms with Gasteiger partial charge in [-0.25, -0.2) is 0 Å². The summed E-state index contributed by atoms with van der Waals surface area (Å²) in [5.74, 6) is 0. The summed E-state index contributed by atoms with van der Waals surface area (Å²) in [6.45, 7) is 7.72. The van der Waals surface area contributed by atoms with Crippen LogP contribution in [0.15, 0.2) is 36.4 Å². The molecule has 1 heteroatoms. The molecule has 0 aliphatic rings. The van der Waals surface area contributed by atoms with Gasteiger partial charge in [-0.2, -0.15) is 0 Å². The molecule has 0 fully saturated rings. The van der Waals surface area contributed by atoms with Crippen LogP contribution in [0, 0.1) is 0 Å². The van der Waals surface area contributed by atoms with Crippen LogP contribution in [-0.4, -0.2) is 4.98 Å². The van der Waals surface area contributed by atoms with Crippen molar-refractivity contribution < 1.29 is 0 Å². The van der Waals surface area contributed by atoms with Gasteiger partial charge in [-0.3, -0.25) is 0 Å². The van der Waals surface area contributed by atoms with Gasteiger partial charge in [0.05, 0.1) is 0 Å². The SMILES string of the molecule is C=c1cc(-c2ccccc2)[nH]c1=C. The van der Waals surface area contributed by atoms with E-state index in [1.54, 1.807) is 0 Å². The van der Waals surface area contributed by atoms with Crippen molar-refractivity contribution in [3.63, 3.8) is 0 Å². The standard InChI is InChI=1S/C12H11N/c1-9-8-12(13-10(9)2)11-6-4-3-5-7-11/h3-8,13H,1-2H2. The molecule has 0 spiro atoms. The highest BCUT2D eigenvalue weighted by atomic mass is 14.7. The van der Waals surface area contributed by atoms with Crippen molar-refractivity contribution >= 4 is 13.2 Å². The molecule has 1 aromatic heterocycles. The zero-order valence-corrected chi connectivity index (χ0v) is 7.38. The molecule has 0 saturated heterocycles. The van der Waals surface area contributed by atoms with E-state index in [-0.39, 0.29) is 0 Å². The molecule has 64 valence electrons. The number of H-pyrrole nitrogens is 1. The summed E-state index contributed by atoms with van der Waals surface area (Å²) < 4.78 is 0. The Morgan fingerprint density at radius 2 is 1.69 bits per heavy atom. The average molecular weight is 169 g/mol. The third-order valence-corrected chi connectivity index (χ3v) is 2.08. The largest absolute Gasteiger partial charge is 0.355 e. The van der Waals surface area contributed by atoms with E-state index in [9.17, 15) is 0 Å². The van der Waals surface area contributed by atoms with Crippen LogP contribution in [0.1, 0.15) is 0 Å². The summed E-state index contributed by atoms with van der Waals surface area (Å²) in [7, 11) is 0. The Hall–Kier alpha value is -1.76. The van der Waals surface area contributed by atoms with E-state index >= 15 is 0 Å². The lowest BCUT2D eigenvalue weighted by molar-refractivity contribution is 1.33. The summed E-state index contributed by atoms with van der Waals surface area (Å²) in [5.41, 5.74) is 2.25. The van der Waals surface area contributed by atoms with Crippen molar-refractivity contribution in [3.05, 3.63) is 47.0 Å². The Morgan fingerprint density at radius 3 is 2.23 bits per heavy atom.